The molecule has 0 saturated carbocycles. The topological polar surface area (TPSA) is 226 Å². The van der Waals surface area contributed by atoms with Crippen LogP contribution >= 0.6 is 0 Å². The van der Waals surface area contributed by atoms with E-state index in [-0.39, 0.29) is 48.8 Å². The number of fused-ring (bicyclic) bond motifs is 10. The molecule has 326 valence electrons. The van der Waals surface area contributed by atoms with Crippen molar-refractivity contribution in [1.82, 2.24) is 20.4 Å². The highest BCUT2D eigenvalue weighted by molar-refractivity contribution is 7.85. The number of nitrogens with one attached hydrogen (secondary N) is 2. The van der Waals surface area contributed by atoms with Crippen molar-refractivity contribution in [1.29, 1.82) is 0 Å². The number of benzene rings is 6. The Labute approximate surface area is 358 Å². The number of hydrogen-bond acceptors (Lipinski definition) is 12. The summed E-state index contributed by atoms with van der Waals surface area (Å²) < 4.78 is 62.6. The fraction of sp³-hybridized carbons (Fsp3) is 0.273. The molecule has 0 fully saturated rings. The maximum Gasteiger partial charge on any atom is 0.262 e. The first-order valence-electron chi connectivity index (χ1n) is 19.3. The molecule has 0 saturated heterocycles. The predicted molar refractivity (Wildman–Crippen MR) is 237 cm³/mol. The van der Waals surface area contributed by atoms with Crippen LogP contribution in [0, 0.1) is 0 Å². The van der Waals surface area contributed by atoms with E-state index in [4.69, 9.17) is 18.6 Å². The molecule has 8 rings (SSSR count). The highest BCUT2D eigenvalue weighted by Gasteiger charge is 2.39. The molecule has 0 spiro atoms. The van der Waals surface area contributed by atoms with E-state index in [1.165, 1.54) is 9.80 Å². The Morgan fingerprint density at radius 1 is 0.532 bits per heavy atom. The zero-order valence-corrected chi connectivity index (χ0v) is 36.4. The zero-order valence-electron chi connectivity index (χ0n) is 34.8. The van der Waals surface area contributed by atoms with Gasteiger partial charge in [-0.3, -0.25) is 38.1 Å². The minimum atomic E-state index is -3.67. The molecule has 0 bridgehead atoms. The van der Waals surface area contributed by atoms with Crippen molar-refractivity contribution in [3.8, 4) is 11.5 Å². The van der Waals surface area contributed by atoms with Crippen molar-refractivity contribution in [2.24, 2.45) is 0 Å². The third-order valence-corrected chi connectivity index (χ3v) is 10.3. The second-order valence-corrected chi connectivity index (χ2v) is 18.0. The molecule has 2 heterocycles. The molecular weight excluding hydrogens is 841 g/mol. The summed E-state index contributed by atoms with van der Waals surface area (Å²) in [5.74, 6) is 0.148. The van der Waals surface area contributed by atoms with Crippen molar-refractivity contribution in [2.75, 3.05) is 52.9 Å². The molecule has 4 amide bonds. The Balaban J connectivity index is 0.000000578. The second-order valence-electron chi connectivity index (χ2n) is 15.1. The lowest BCUT2D eigenvalue weighted by atomic mass is 9.95. The molecule has 6 aromatic rings. The third-order valence-electron chi connectivity index (χ3n) is 10.3. The summed E-state index contributed by atoms with van der Waals surface area (Å²) in [6, 6.07) is 26.3. The van der Waals surface area contributed by atoms with E-state index >= 15 is 0 Å². The Morgan fingerprint density at radius 3 is 1.18 bits per heavy atom. The van der Waals surface area contributed by atoms with E-state index in [9.17, 15) is 36.0 Å². The van der Waals surface area contributed by atoms with Crippen molar-refractivity contribution >= 4 is 87.0 Å². The molecular formula is C44H46N4O12S2. The first-order chi connectivity index (χ1) is 29.2. The quantitative estimate of drug-likeness (QED) is 0.0570. The number of amides is 4. The van der Waals surface area contributed by atoms with E-state index < -0.39 is 20.2 Å². The normalized spacial score (nSPS) is 14.7. The Kier molecular flexibility index (Phi) is 13.3. The van der Waals surface area contributed by atoms with Crippen molar-refractivity contribution in [3.63, 3.8) is 0 Å². The van der Waals surface area contributed by atoms with E-state index in [1.807, 2.05) is 86.6 Å². The molecule has 18 heteroatoms. The maximum absolute atomic E-state index is 13.8. The van der Waals surface area contributed by atoms with Gasteiger partial charge < -0.3 is 20.1 Å². The van der Waals surface area contributed by atoms with E-state index in [2.05, 4.69) is 10.6 Å². The van der Waals surface area contributed by atoms with Crippen LogP contribution in [0.2, 0.25) is 0 Å². The number of nitrogens with zero attached hydrogens (tertiary/aromatic N) is 2. The fourth-order valence-corrected chi connectivity index (χ4v) is 7.69. The molecule has 0 radical (unpaired) electrons. The van der Waals surface area contributed by atoms with Crippen molar-refractivity contribution in [2.45, 2.75) is 25.9 Å². The van der Waals surface area contributed by atoms with E-state index in [1.54, 1.807) is 26.4 Å². The number of imide groups is 2. The van der Waals surface area contributed by atoms with Gasteiger partial charge in [-0.15, -0.1) is 0 Å². The molecule has 2 aliphatic rings. The molecule has 62 heavy (non-hydrogen) atoms. The largest absolute Gasteiger partial charge is 0.497 e. The number of methoxy groups -OCH3 is 2. The van der Waals surface area contributed by atoms with Crippen LogP contribution in [0.1, 0.15) is 55.3 Å². The van der Waals surface area contributed by atoms with Crippen LogP contribution in [0.25, 0.3) is 43.1 Å². The van der Waals surface area contributed by atoms with Gasteiger partial charge in [0.15, 0.2) is 0 Å². The minimum absolute atomic E-state index is 0.180. The van der Waals surface area contributed by atoms with Crippen LogP contribution in [-0.2, 0) is 20.2 Å². The molecule has 0 aliphatic carbocycles. The van der Waals surface area contributed by atoms with Crippen molar-refractivity contribution < 1.29 is 54.6 Å². The summed E-state index contributed by atoms with van der Waals surface area (Å²) in [4.78, 5) is 57.3. The molecule has 4 N–H and O–H groups in total. The molecule has 16 nitrogen and oxygen atoms in total. The van der Waals surface area contributed by atoms with Gasteiger partial charge in [0.05, 0.1) is 49.0 Å². The second kappa shape index (κ2) is 18.1. The summed E-state index contributed by atoms with van der Waals surface area (Å²) >= 11 is 0. The van der Waals surface area contributed by atoms with Crippen molar-refractivity contribution in [3.05, 3.63) is 107 Å². The first-order valence-corrected chi connectivity index (χ1v) is 23.0. The summed E-state index contributed by atoms with van der Waals surface area (Å²) in [6.45, 7) is 5.38. The number of hydrogen-bond donors (Lipinski definition) is 4. The average Bonchev–Trinajstić information content (AvgIpc) is 3.60. The van der Waals surface area contributed by atoms with Crippen LogP contribution in [0.4, 0.5) is 0 Å². The highest BCUT2D eigenvalue weighted by Crippen LogP contribution is 2.38. The van der Waals surface area contributed by atoms with E-state index in [0.717, 1.165) is 43.1 Å². The summed E-state index contributed by atoms with van der Waals surface area (Å²) in [6.07, 6.45) is 1.43. The lowest BCUT2D eigenvalue weighted by Crippen LogP contribution is -2.46. The van der Waals surface area contributed by atoms with Gasteiger partial charge in [0.1, 0.15) is 11.5 Å². The van der Waals surface area contributed by atoms with E-state index in [0.29, 0.717) is 59.4 Å². The number of rotatable bonds is 11. The molecule has 6 aromatic carbocycles. The average molecular weight is 887 g/mol. The fourth-order valence-electron chi connectivity index (χ4n) is 7.69. The lowest BCUT2D eigenvalue weighted by Gasteiger charge is -2.23. The Morgan fingerprint density at radius 2 is 0.839 bits per heavy atom. The Hall–Kier alpha value is -6.02. The van der Waals surface area contributed by atoms with Gasteiger partial charge in [-0.25, -0.2) is 0 Å². The van der Waals surface area contributed by atoms with Crippen LogP contribution < -0.4 is 20.1 Å². The SMILES string of the molecule is COc1ccc2ccc3ccc4c(c3c2c1)C(=O)N(C[C@@H](C)NCCN[C@H](C)CN1C(=O)c2ccc3ccc5ccc(OC)cc5c3c2C1=O)C4=O.CS(=O)(=O)O.CS(=O)(=O)O. The predicted octanol–water partition coefficient (Wildman–Crippen LogP) is 5.17. The summed E-state index contributed by atoms with van der Waals surface area (Å²) in [5.41, 5.74) is 1.67. The summed E-state index contributed by atoms with van der Waals surface area (Å²) in [5, 5.41) is 13.8. The standard InChI is InChI=1S/C42H38N4O6.2CH4O3S/c1-23(21-45-39(47)31-15-11-27-7-5-25-9-13-29(51-3)19-33(25)35(27)37(31)41(45)49)43-17-18-44-24(2)22-46-40(48)32-16-12-28-8-6-26-10-14-30(52-4)20-34(26)36(28)38(32)42(46)50;2*1-5(2,3)4/h5-16,19-20,23-24,43-44H,17-18,21-22H2,1-4H3;2*1H3,(H,2,3,4)/t23-,24-;;/m1../s1. The van der Waals surface area contributed by atoms with Gasteiger partial charge in [-0.2, -0.15) is 16.8 Å². The number of ether oxygens (including phenoxy) is 2. The van der Waals surface area contributed by atoms with Crippen LogP contribution in [0.3, 0.4) is 0 Å². The zero-order chi connectivity index (χ0) is 45.3. The third kappa shape index (κ3) is 10.0. The Bertz CT molecular complexity index is 2790. The molecule has 0 aromatic heterocycles. The lowest BCUT2D eigenvalue weighted by molar-refractivity contribution is 0.0624. The molecule has 0 unspecified atom stereocenters. The number of carbonyl (C=O) groups excluding carboxylic acids is 4. The monoisotopic (exact) mass is 886 g/mol. The number of carbonyl (C=O) groups is 4. The minimum Gasteiger partial charge on any atom is -0.497 e. The molecule has 2 aliphatic heterocycles. The first kappa shape index (κ1) is 45.5. The maximum atomic E-state index is 13.8. The van der Waals surface area contributed by atoms with Gasteiger partial charge in [0, 0.05) is 49.0 Å². The smallest absolute Gasteiger partial charge is 0.262 e. The highest BCUT2D eigenvalue weighted by atomic mass is 32.2. The van der Waals surface area contributed by atoms with Gasteiger partial charge in [-0.05, 0) is 82.6 Å². The van der Waals surface area contributed by atoms with Gasteiger partial charge in [-0.1, -0.05) is 48.5 Å². The van der Waals surface area contributed by atoms with Crippen LogP contribution in [0.15, 0.2) is 84.9 Å². The van der Waals surface area contributed by atoms with Gasteiger partial charge >= 0.3 is 0 Å². The molecule has 2 atom stereocenters. The summed E-state index contributed by atoms with van der Waals surface area (Å²) in [7, 11) is -4.12. The van der Waals surface area contributed by atoms with Crippen LogP contribution in [-0.4, -0.2) is 124 Å². The van der Waals surface area contributed by atoms with Gasteiger partial charge in [0.25, 0.3) is 43.9 Å². The van der Waals surface area contributed by atoms with Gasteiger partial charge in [0.2, 0.25) is 0 Å². The van der Waals surface area contributed by atoms with Crippen LogP contribution in [0.5, 0.6) is 11.5 Å².